The third kappa shape index (κ3) is 4.97. The summed E-state index contributed by atoms with van der Waals surface area (Å²) in [6.07, 6.45) is 6.88. The van der Waals surface area contributed by atoms with Crippen molar-refractivity contribution >= 4 is 27.7 Å². The van der Waals surface area contributed by atoms with Crippen LogP contribution < -0.4 is 4.72 Å². The number of benzene rings is 1. The molecule has 1 aromatic carbocycles. The molecule has 0 aliphatic heterocycles. The van der Waals surface area contributed by atoms with Crippen LogP contribution in [0.2, 0.25) is 5.02 Å². The molecule has 1 saturated carbocycles. The van der Waals surface area contributed by atoms with Gasteiger partial charge in [-0.3, -0.25) is 0 Å². The molecule has 2 rings (SSSR count). The van der Waals surface area contributed by atoms with Crippen LogP contribution in [0.3, 0.4) is 0 Å². The van der Waals surface area contributed by atoms with Crippen LogP contribution in [0.25, 0.3) is 6.08 Å². The van der Waals surface area contributed by atoms with Crippen molar-refractivity contribution in [1.82, 2.24) is 4.72 Å². The number of nitrogens with one attached hydrogen (secondary N) is 1. The number of hydrogen-bond acceptors (Lipinski definition) is 2. The molecule has 0 aromatic heterocycles. The first-order valence-corrected chi connectivity index (χ1v) is 8.43. The molecule has 0 amide bonds. The van der Waals surface area contributed by atoms with Gasteiger partial charge in [-0.15, -0.1) is 0 Å². The van der Waals surface area contributed by atoms with Gasteiger partial charge in [-0.2, -0.15) is 0 Å². The minimum absolute atomic E-state index is 0.0913. The van der Waals surface area contributed by atoms with Gasteiger partial charge in [0, 0.05) is 16.5 Å². The molecule has 1 aliphatic carbocycles. The first kappa shape index (κ1) is 14.6. The number of halogens is 1. The molecule has 0 spiro atoms. The van der Waals surface area contributed by atoms with Crippen molar-refractivity contribution in [2.45, 2.75) is 38.1 Å². The summed E-state index contributed by atoms with van der Waals surface area (Å²) < 4.78 is 26.6. The zero-order valence-electron chi connectivity index (χ0n) is 10.7. The minimum Gasteiger partial charge on any atom is -0.209 e. The Hall–Kier alpha value is -0.840. The quantitative estimate of drug-likeness (QED) is 0.924. The molecule has 0 heterocycles. The molecule has 0 radical (unpaired) electrons. The molecule has 19 heavy (non-hydrogen) atoms. The lowest BCUT2D eigenvalue weighted by Gasteiger charge is -2.21. The van der Waals surface area contributed by atoms with Crippen molar-refractivity contribution in [1.29, 1.82) is 0 Å². The molecule has 1 N–H and O–H groups in total. The van der Waals surface area contributed by atoms with E-state index in [-0.39, 0.29) is 6.04 Å². The lowest BCUT2D eigenvalue weighted by molar-refractivity contribution is 0.413. The predicted octanol–water partition coefficient (Wildman–Crippen LogP) is 3.56. The zero-order chi connectivity index (χ0) is 13.7. The normalized spacial score (nSPS) is 17.9. The van der Waals surface area contributed by atoms with Gasteiger partial charge in [0.05, 0.1) is 0 Å². The lowest BCUT2D eigenvalue weighted by atomic mass is 9.96. The lowest BCUT2D eigenvalue weighted by Crippen LogP contribution is -2.34. The largest absolute Gasteiger partial charge is 0.233 e. The summed E-state index contributed by atoms with van der Waals surface area (Å²) in [6.45, 7) is 0. The topological polar surface area (TPSA) is 46.2 Å². The highest BCUT2D eigenvalue weighted by molar-refractivity contribution is 7.92. The van der Waals surface area contributed by atoms with E-state index in [1.807, 2.05) is 0 Å². The van der Waals surface area contributed by atoms with E-state index in [9.17, 15) is 8.42 Å². The summed E-state index contributed by atoms with van der Waals surface area (Å²) in [7, 11) is -3.35. The summed E-state index contributed by atoms with van der Waals surface area (Å²) >= 11 is 5.78. The first-order valence-electron chi connectivity index (χ1n) is 6.51. The Morgan fingerprint density at radius 2 is 1.74 bits per heavy atom. The third-order valence-electron chi connectivity index (χ3n) is 3.25. The standard InChI is InChI=1S/C14H18ClNO2S/c15-13-8-6-12(7-9-13)10-11-19(17,18)16-14-4-2-1-3-5-14/h6-11,14,16H,1-5H2. The van der Waals surface area contributed by atoms with Crippen LogP contribution in [0.1, 0.15) is 37.7 Å². The molecule has 1 aromatic rings. The number of hydrogen-bond donors (Lipinski definition) is 1. The summed E-state index contributed by atoms with van der Waals surface area (Å²) in [4.78, 5) is 0. The maximum absolute atomic E-state index is 11.9. The van der Waals surface area contributed by atoms with Gasteiger partial charge in [-0.25, -0.2) is 13.1 Å². The van der Waals surface area contributed by atoms with Gasteiger partial charge in [0.15, 0.2) is 0 Å². The van der Waals surface area contributed by atoms with Crippen LogP contribution in [-0.2, 0) is 10.0 Å². The van der Waals surface area contributed by atoms with E-state index in [2.05, 4.69) is 4.72 Å². The third-order valence-corrected chi connectivity index (χ3v) is 4.65. The average Bonchev–Trinajstić information content (AvgIpc) is 2.39. The molecule has 1 aliphatic rings. The van der Waals surface area contributed by atoms with Crippen LogP contribution in [0.4, 0.5) is 0 Å². The molecule has 5 heteroatoms. The molecule has 3 nitrogen and oxygen atoms in total. The van der Waals surface area contributed by atoms with E-state index in [0.29, 0.717) is 5.02 Å². The SMILES string of the molecule is O=S(=O)(C=Cc1ccc(Cl)cc1)NC1CCCCC1. The molecule has 1 fully saturated rings. The maximum atomic E-state index is 11.9. The Morgan fingerprint density at radius 1 is 1.11 bits per heavy atom. The summed E-state index contributed by atoms with van der Waals surface area (Å²) in [6, 6.07) is 7.14. The molecule has 0 unspecified atom stereocenters. The van der Waals surface area contributed by atoms with E-state index in [4.69, 9.17) is 11.6 Å². The van der Waals surface area contributed by atoms with Gasteiger partial charge < -0.3 is 0 Å². The van der Waals surface area contributed by atoms with E-state index in [1.165, 1.54) is 11.8 Å². The Kier molecular flexibility index (Phi) is 5.02. The monoisotopic (exact) mass is 299 g/mol. The Labute approximate surface area is 119 Å². The van der Waals surface area contributed by atoms with E-state index >= 15 is 0 Å². The van der Waals surface area contributed by atoms with Gasteiger partial charge in [0.1, 0.15) is 0 Å². The van der Waals surface area contributed by atoms with Crippen LogP contribution in [0.15, 0.2) is 29.7 Å². The highest BCUT2D eigenvalue weighted by Crippen LogP contribution is 2.18. The summed E-state index contributed by atoms with van der Waals surface area (Å²) in [5.41, 5.74) is 0.818. The van der Waals surface area contributed by atoms with Crippen molar-refractivity contribution in [2.75, 3.05) is 0 Å². The van der Waals surface area contributed by atoms with E-state index in [0.717, 1.165) is 31.2 Å². The highest BCUT2D eigenvalue weighted by Gasteiger charge is 2.17. The van der Waals surface area contributed by atoms with Gasteiger partial charge in [0.2, 0.25) is 10.0 Å². The number of rotatable bonds is 4. The van der Waals surface area contributed by atoms with Gasteiger partial charge in [-0.05, 0) is 36.6 Å². The maximum Gasteiger partial charge on any atom is 0.233 e. The van der Waals surface area contributed by atoms with Gasteiger partial charge >= 0.3 is 0 Å². The second-order valence-corrected chi connectivity index (χ2v) is 6.89. The average molecular weight is 300 g/mol. The van der Waals surface area contributed by atoms with Gasteiger partial charge in [0.25, 0.3) is 0 Å². The van der Waals surface area contributed by atoms with E-state index < -0.39 is 10.0 Å². The smallest absolute Gasteiger partial charge is 0.209 e. The minimum atomic E-state index is -3.35. The molecule has 104 valence electrons. The Balaban J connectivity index is 1.97. The van der Waals surface area contributed by atoms with Gasteiger partial charge in [-0.1, -0.05) is 43.0 Å². The molecular formula is C14H18ClNO2S. The fraction of sp³-hybridized carbons (Fsp3) is 0.429. The van der Waals surface area contributed by atoms with E-state index in [1.54, 1.807) is 30.3 Å². The zero-order valence-corrected chi connectivity index (χ0v) is 12.3. The second-order valence-electron chi connectivity index (χ2n) is 4.85. The van der Waals surface area contributed by atoms with Crippen LogP contribution in [-0.4, -0.2) is 14.5 Å². The van der Waals surface area contributed by atoms with Crippen LogP contribution in [0.5, 0.6) is 0 Å². The fourth-order valence-electron chi connectivity index (χ4n) is 2.23. The fourth-order valence-corrected chi connectivity index (χ4v) is 3.48. The highest BCUT2D eigenvalue weighted by atomic mass is 35.5. The molecular weight excluding hydrogens is 282 g/mol. The van der Waals surface area contributed by atoms with Crippen LogP contribution in [0, 0.1) is 0 Å². The van der Waals surface area contributed by atoms with Crippen molar-refractivity contribution in [3.8, 4) is 0 Å². The van der Waals surface area contributed by atoms with Crippen molar-refractivity contribution in [3.63, 3.8) is 0 Å². The summed E-state index contributed by atoms with van der Waals surface area (Å²) in [5, 5.41) is 1.87. The Bertz CT molecular complexity index is 531. The van der Waals surface area contributed by atoms with Crippen molar-refractivity contribution in [2.24, 2.45) is 0 Å². The van der Waals surface area contributed by atoms with Crippen LogP contribution >= 0.6 is 11.6 Å². The molecule has 0 atom stereocenters. The first-order chi connectivity index (χ1) is 9.05. The Morgan fingerprint density at radius 3 is 2.37 bits per heavy atom. The number of sulfonamides is 1. The molecule has 0 saturated heterocycles. The molecule has 0 bridgehead atoms. The van der Waals surface area contributed by atoms with Crippen molar-refractivity contribution < 1.29 is 8.42 Å². The summed E-state index contributed by atoms with van der Waals surface area (Å²) in [5.74, 6) is 0. The second kappa shape index (κ2) is 6.55. The van der Waals surface area contributed by atoms with Crippen molar-refractivity contribution in [3.05, 3.63) is 40.3 Å². The predicted molar refractivity (Wildman–Crippen MR) is 79.4 cm³/mol.